The lowest BCUT2D eigenvalue weighted by molar-refractivity contribution is -0.113. The number of anilines is 1. The minimum absolute atomic E-state index is 0.0942. The summed E-state index contributed by atoms with van der Waals surface area (Å²) in [5.41, 5.74) is 1.72. The number of nitrogens with zero attached hydrogens (tertiary/aromatic N) is 1. The Bertz CT molecular complexity index is 898. The molecule has 1 aliphatic rings. The molecule has 1 amide bonds. The molecule has 0 unspecified atom stereocenters. The predicted molar refractivity (Wildman–Crippen MR) is 119 cm³/mol. The highest BCUT2D eigenvalue weighted by Gasteiger charge is 2.33. The molecule has 0 N–H and O–H groups in total. The molecule has 0 spiro atoms. The fourth-order valence-corrected chi connectivity index (χ4v) is 4.73. The molecule has 3 nitrogen and oxygen atoms in total. The zero-order valence-corrected chi connectivity index (χ0v) is 18.2. The molecule has 26 heavy (non-hydrogen) atoms. The summed E-state index contributed by atoms with van der Waals surface area (Å²) in [7, 11) is 0. The number of ether oxygens (including phenoxy) is 1. The highest BCUT2D eigenvalue weighted by Crippen LogP contribution is 2.37. The lowest BCUT2D eigenvalue weighted by Gasteiger charge is -2.15. The molecule has 0 aliphatic carbocycles. The zero-order chi connectivity index (χ0) is 18.7. The molecule has 0 radical (unpaired) electrons. The van der Waals surface area contributed by atoms with E-state index in [2.05, 4.69) is 15.9 Å². The number of benzene rings is 2. The molecule has 0 aromatic heterocycles. The first-order chi connectivity index (χ1) is 12.5. The number of thioether (sulfide) groups is 2. The molecular formula is C19H16BrNO2S3. The van der Waals surface area contributed by atoms with Gasteiger partial charge in [0.15, 0.2) is 4.32 Å². The molecule has 2 aromatic carbocycles. The van der Waals surface area contributed by atoms with Crippen molar-refractivity contribution in [2.45, 2.75) is 11.8 Å². The Morgan fingerprint density at radius 3 is 2.81 bits per heavy atom. The number of amides is 1. The van der Waals surface area contributed by atoms with Crippen LogP contribution in [0.2, 0.25) is 0 Å². The Morgan fingerprint density at radius 1 is 1.31 bits per heavy atom. The van der Waals surface area contributed by atoms with Crippen molar-refractivity contribution in [3.05, 3.63) is 57.4 Å². The van der Waals surface area contributed by atoms with Gasteiger partial charge in [0, 0.05) is 4.90 Å². The third kappa shape index (κ3) is 4.17. The molecule has 0 bridgehead atoms. The predicted octanol–water partition coefficient (Wildman–Crippen LogP) is 5.98. The Balaban J connectivity index is 1.88. The van der Waals surface area contributed by atoms with Gasteiger partial charge < -0.3 is 4.74 Å². The SMILES string of the molecule is CCOc1ccc(/C=C2\SC(=S)N(c3cccc(SC)c3)C2=O)cc1Br. The number of halogens is 1. The van der Waals surface area contributed by atoms with Gasteiger partial charge in [-0.1, -0.05) is 36.1 Å². The third-order valence-electron chi connectivity index (χ3n) is 3.66. The maximum absolute atomic E-state index is 12.9. The summed E-state index contributed by atoms with van der Waals surface area (Å²) in [4.78, 5) is 16.2. The largest absolute Gasteiger partial charge is 0.493 e. The molecule has 1 fully saturated rings. The van der Waals surface area contributed by atoms with E-state index >= 15 is 0 Å². The van der Waals surface area contributed by atoms with Gasteiger partial charge in [0.25, 0.3) is 5.91 Å². The van der Waals surface area contributed by atoms with Gasteiger partial charge in [0.1, 0.15) is 5.75 Å². The van der Waals surface area contributed by atoms with Gasteiger partial charge in [0.2, 0.25) is 0 Å². The number of rotatable bonds is 5. The van der Waals surface area contributed by atoms with E-state index in [4.69, 9.17) is 17.0 Å². The van der Waals surface area contributed by atoms with Crippen LogP contribution in [0.4, 0.5) is 5.69 Å². The normalized spacial score (nSPS) is 15.8. The van der Waals surface area contributed by atoms with Crippen LogP contribution < -0.4 is 9.64 Å². The Hall–Kier alpha value is -1.28. The summed E-state index contributed by atoms with van der Waals surface area (Å²) < 4.78 is 6.93. The van der Waals surface area contributed by atoms with Gasteiger partial charge in [0.05, 0.1) is 21.7 Å². The second-order valence-corrected chi connectivity index (χ2v) is 8.75. The molecule has 2 aromatic rings. The summed E-state index contributed by atoms with van der Waals surface area (Å²) in [6, 6.07) is 13.6. The maximum atomic E-state index is 12.9. The van der Waals surface area contributed by atoms with E-state index in [-0.39, 0.29) is 5.91 Å². The third-order valence-corrected chi connectivity index (χ3v) is 6.31. The number of hydrogen-bond acceptors (Lipinski definition) is 5. The lowest BCUT2D eigenvalue weighted by atomic mass is 10.2. The number of carbonyl (C=O) groups excluding carboxylic acids is 1. The van der Waals surface area contributed by atoms with E-state index in [0.29, 0.717) is 15.8 Å². The van der Waals surface area contributed by atoms with Crippen LogP contribution in [-0.2, 0) is 4.79 Å². The topological polar surface area (TPSA) is 29.5 Å². The van der Waals surface area contributed by atoms with Gasteiger partial charge in [-0.25, -0.2) is 0 Å². The first-order valence-electron chi connectivity index (χ1n) is 7.88. The van der Waals surface area contributed by atoms with Gasteiger partial charge in [-0.3, -0.25) is 9.69 Å². The van der Waals surface area contributed by atoms with Crippen LogP contribution in [0, 0.1) is 0 Å². The van der Waals surface area contributed by atoms with Crippen molar-refractivity contribution in [3.63, 3.8) is 0 Å². The number of carbonyl (C=O) groups is 1. The second-order valence-electron chi connectivity index (χ2n) is 5.34. The summed E-state index contributed by atoms with van der Waals surface area (Å²) in [5.74, 6) is 0.689. The summed E-state index contributed by atoms with van der Waals surface area (Å²) >= 11 is 11.9. The highest BCUT2D eigenvalue weighted by atomic mass is 79.9. The van der Waals surface area contributed by atoms with Gasteiger partial charge in [-0.2, -0.15) is 0 Å². The van der Waals surface area contributed by atoms with Crippen molar-refractivity contribution in [1.82, 2.24) is 0 Å². The minimum Gasteiger partial charge on any atom is -0.493 e. The molecule has 1 heterocycles. The van der Waals surface area contributed by atoms with E-state index in [0.717, 1.165) is 26.4 Å². The Labute approximate surface area is 175 Å². The summed E-state index contributed by atoms with van der Waals surface area (Å²) in [6.45, 7) is 2.55. The van der Waals surface area contributed by atoms with Crippen LogP contribution in [0.3, 0.4) is 0 Å². The average molecular weight is 466 g/mol. The summed E-state index contributed by atoms with van der Waals surface area (Å²) in [6.07, 6.45) is 3.87. The molecule has 1 saturated heterocycles. The molecular weight excluding hydrogens is 450 g/mol. The van der Waals surface area contributed by atoms with E-state index in [1.807, 2.05) is 61.7 Å². The fraction of sp³-hybridized carbons (Fsp3) is 0.158. The number of thiocarbonyl (C=S) groups is 1. The first-order valence-corrected chi connectivity index (χ1v) is 11.1. The second kappa shape index (κ2) is 8.61. The van der Waals surface area contributed by atoms with Crippen molar-refractivity contribution in [3.8, 4) is 5.75 Å². The van der Waals surface area contributed by atoms with E-state index in [1.54, 1.807) is 16.7 Å². The highest BCUT2D eigenvalue weighted by molar-refractivity contribution is 9.10. The Kier molecular flexibility index (Phi) is 6.45. The number of hydrogen-bond donors (Lipinski definition) is 0. The molecule has 134 valence electrons. The molecule has 3 rings (SSSR count). The van der Waals surface area contributed by atoms with Crippen molar-refractivity contribution < 1.29 is 9.53 Å². The smallest absolute Gasteiger partial charge is 0.270 e. The van der Waals surface area contributed by atoms with Crippen LogP contribution in [0.1, 0.15) is 12.5 Å². The standard InChI is InChI=1S/C19H16BrNO2S3/c1-3-23-16-8-7-12(9-15(16)20)10-17-18(22)21(19(24)26-17)13-5-4-6-14(11-13)25-2/h4-11H,3H2,1-2H3/b17-10-. The van der Waals surface area contributed by atoms with Crippen molar-refractivity contribution in [2.75, 3.05) is 17.8 Å². The Morgan fingerprint density at radius 2 is 2.12 bits per heavy atom. The summed E-state index contributed by atoms with van der Waals surface area (Å²) in [5, 5.41) is 0. The lowest BCUT2D eigenvalue weighted by Crippen LogP contribution is -2.27. The van der Waals surface area contributed by atoms with Gasteiger partial charge in [-0.15, -0.1) is 11.8 Å². The van der Waals surface area contributed by atoms with Crippen molar-refractivity contribution >= 4 is 73.7 Å². The molecule has 7 heteroatoms. The average Bonchev–Trinajstić information content (AvgIpc) is 2.91. The van der Waals surface area contributed by atoms with E-state index in [1.165, 1.54) is 11.8 Å². The van der Waals surface area contributed by atoms with Crippen molar-refractivity contribution in [1.29, 1.82) is 0 Å². The molecule has 0 atom stereocenters. The molecule has 1 aliphatic heterocycles. The van der Waals surface area contributed by atoms with Crippen LogP contribution in [0.15, 0.2) is 56.7 Å². The zero-order valence-electron chi connectivity index (χ0n) is 14.2. The quantitative estimate of drug-likeness (QED) is 0.308. The van der Waals surface area contributed by atoms with Crippen LogP contribution in [-0.4, -0.2) is 23.1 Å². The van der Waals surface area contributed by atoms with Crippen LogP contribution in [0.5, 0.6) is 5.75 Å². The van der Waals surface area contributed by atoms with Gasteiger partial charge in [-0.05, 0) is 71.1 Å². The molecule has 0 saturated carbocycles. The minimum atomic E-state index is -0.0942. The van der Waals surface area contributed by atoms with Crippen LogP contribution >= 0.6 is 51.7 Å². The monoisotopic (exact) mass is 465 g/mol. The van der Waals surface area contributed by atoms with Crippen molar-refractivity contribution in [2.24, 2.45) is 0 Å². The fourth-order valence-electron chi connectivity index (χ4n) is 2.47. The first kappa shape index (κ1) is 19.5. The van der Waals surface area contributed by atoms with Crippen LogP contribution in [0.25, 0.3) is 6.08 Å². The maximum Gasteiger partial charge on any atom is 0.270 e. The van der Waals surface area contributed by atoms with Gasteiger partial charge >= 0.3 is 0 Å². The van der Waals surface area contributed by atoms with E-state index < -0.39 is 0 Å². The van der Waals surface area contributed by atoms with E-state index in [9.17, 15) is 4.79 Å².